The molecule has 0 saturated carbocycles. The Morgan fingerprint density at radius 3 is 2.53 bits per heavy atom. The van der Waals surface area contributed by atoms with Crippen molar-refractivity contribution in [3.8, 4) is 6.07 Å². The molecule has 32 heavy (non-hydrogen) atoms. The number of benzene rings is 2. The van der Waals surface area contributed by atoms with Gasteiger partial charge in [-0.05, 0) is 48.1 Å². The second-order valence-corrected chi connectivity index (χ2v) is 9.14. The van der Waals surface area contributed by atoms with Gasteiger partial charge in [-0.15, -0.1) is 6.58 Å². The van der Waals surface area contributed by atoms with Crippen LogP contribution >= 0.6 is 11.8 Å². The Balaban J connectivity index is 2.04. The van der Waals surface area contributed by atoms with Crippen LogP contribution < -0.4 is 10.2 Å². The molecule has 0 aliphatic carbocycles. The molecule has 2 amide bonds. The van der Waals surface area contributed by atoms with Gasteiger partial charge < -0.3 is 5.32 Å². The lowest BCUT2D eigenvalue weighted by Gasteiger charge is -2.19. The second kappa shape index (κ2) is 10.3. The van der Waals surface area contributed by atoms with E-state index in [9.17, 15) is 14.9 Å². The Labute approximate surface area is 193 Å². The minimum absolute atomic E-state index is 0.0644. The van der Waals surface area contributed by atoms with E-state index < -0.39 is 11.2 Å². The van der Waals surface area contributed by atoms with Crippen molar-refractivity contribution in [3.63, 3.8) is 0 Å². The molecule has 1 atom stereocenters. The van der Waals surface area contributed by atoms with Crippen molar-refractivity contribution < 1.29 is 9.59 Å². The van der Waals surface area contributed by atoms with Gasteiger partial charge >= 0.3 is 0 Å². The molecule has 1 N–H and O–H groups in total. The lowest BCUT2D eigenvalue weighted by atomic mass is 10.0. The zero-order chi connectivity index (χ0) is 23.3. The number of anilines is 1. The number of thioether (sulfide) groups is 1. The van der Waals surface area contributed by atoms with Crippen molar-refractivity contribution in [2.24, 2.45) is 0 Å². The minimum atomic E-state index is -0.511. The summed E-state index contributed by atoms with van der Waals surface area (Å²) in [4.78, 5) is 27.7. The first kappa shape index (κ1) is 23.4. The number of hydrogen-bond donors (Lipinski definition) is 1. The van der Waals surface area contributed by atoms with Crippen molar-refractivity contribution in [1.29, 1.82) is 5.26 Å². The van der Waals surface area contributed by atoms with E-state index in [1.165, 1.54) is 16.7 Å². The fraction of sp³-hybridized carbons (Fsp3) is 0.269. The Morgan fingerprint density at radius 1 is 1.25 bits per heavy atom. The zero-order valence-electron chi connectivity index (χ0n) is 18.6. The molecular formula is C26H27N3O2S. The average Bonchev–Trinajstić information content (AvgIpc) is 3.10. The van der Waals surface area contributed by atoms with Gasteiger partial charge in [-0.3, -0.25) is 14.5 Å². The van der Waals surface area contributed by atoms with Crippen molar-refractivity contribution in [2.45, 2.75) is 38.4 Å². The number of carbonyl (C=O) groups is 2. The third kappa shape index (κ3) is 4.95. The lowest BCUT2D eigenvalue weighted by Crippen LogP contribution is -2.32. The molecule has 0 spiro atoms. The number of nitrogens with one attached hydrogen (secondary N) is 1. The van der Waals surface area contributed by atoms with Crippen molar-refractivity contribution in [3.05, 3.63) is 88.5 Å². The summed E-state index contributed by atoms with van der Waals surface area (Å²) in [7, 11) is 0. The lowest BCUT2D eigenvalue weighted by molar-refractivity contribution is -0.117. The summed E-state index contributed by atoms with van der Waals surface area (Å²) in [5.41, 5.74) is 3.92. The molecule has 164 valence electrons. The largest absolute Gasteiger partial charge is 0.348 e. The van der Waals surface area contributed by atoms with Crippen LogP contribution in [0.3, 0.4) is 0 Å². The summed E-state index contributed by atoms with van der Waals surface area (Å²) < 4.78 is 0. The van der Waals surface area contributed by atoms with Gasteiger partial charge in [0.15, 0.2) is 0 Å². The molecular weight excluding hydrogens is 418 g/mol. The van der Waals surface area contributed by atoms with Crippen molar-refractivity contribution in [1.82, 2.24) is 5.32 Å². The molecule has 1 saturated heterocycles. The Bertz CT molecular complexity index is 1100. The Kier molecular flexibility index (Phi) is 7.55. The van der Waals surface area contributed by atoms with Crippen molar-refractivity contribution in [2.75, 3.05) is 11.4 Å². The number of amides is 2. The van der Waals surface area contributed by atoms with Gasteiger partial charge in [0.2, 0.25) is 5.91 Å². The van der Waals surface area contributed by atoms with Crippen LogP contribution in [0, 0.1) is 18.3 Å². The molecule has 3 rings (SSSR count). The van der Waals surface area contributed by atoms with Gasteiger partial charge in [-0.2, -0.15) is 5.26 Å². The molecule has 0 aromatic heterocycles. The smallest absolute Gasteiger partial charge is 0.264 e. The van der Waals surface area contributed by atoms with Crippen LogP contribution in [0.25, 0.3) is 0 Å². The maximum atomic E-state index is 13.5. The summed E-state index contributed by atoms with van der Waals surface area (Å²) in [5.74, 6) is -0.284. The molecule has 1 unspecified atom stereocenters. The van der Waals surface area contributed by atoms with E-state index in [1.54, 1.807) is 6.08 Å². The van der Waals surface area contributed by atoms with E-state index in [0.717, 1.165) is 16.7 Å². The summed E-state index contributed by atoms with van der Waals surface area (Å²) >= 11 is 1.28. The molecule has 1 aliphatic heterocycles. The maximum absolute atomic E-state index is 13.5. The molecule has 1 heterocycles. The summed E-state index contributed by atoms with van der Waals surface area (Å²) in [6.07, 6.45) is 2.07. The third-order valence-electron chi connectivity index (χ3n) is 5.40. The zero-order valence-corrected chi connectivity index (χ0v) is 19.4. The standard InChI is InChI=1S/C26H27N3O2S/c1-5-14-28-24(30)22(16-27)26-29(21-12-10-19(11-13-21)17(2)3)25(31)23(32-26)15-20-9-7-6-8-18(20)4/h5-13,17,23H,1,14-15H2,2-4H3,(H,28,30)/b26-22-. The minimum Gasteiger partial charge on any atom is -0.348 e. The highest BCUT2D eigenvalue weighted by molar-refractivity contribution is 8.05. The number of rotatable bonds is 7. The van der Waals surface area contributed by atoms with Crippen LogP contribution in [0.15, 0.2) is 71.8 Å². The van der Waals surface area contributed by atoms with Crippen LogP contribution in [0.1, 0.15) is 36.5 Å². The summed E-state index contributed by atoms with van der Waals surface area (Å²) in [5, 5.41) is 12.4. The molecule has 2 aromatic carbocycles. The highest BCUT2D eigenvalue weighted by Crippen LogP contribution is 2.42. The average molecular weight is 446 g/mol. The van der Waals surface area contributed by atoms with E-state index in [2.05, 4.69) is 25.7 Å². The van der Waals surface area contributed by atoms with Crippen LogP contribution in [-0.4, -0.2) is 23.6 Å². The van der Waals surface area contributed by atoms with E-state index >= 15 is 0 Å². The fourth-order valence-corrected chi connectivity index (χ4v) is 4.82. The van der Waals surface area contributed by atoms with Crippen LogP contribution in [0.4, 0.5) is 5.69 Å². The Hall–Kier alpha value is -3.30. The topological polar surface area (TPSA) is 73.2 Å². The monoisotopic (exact) mass is 445 g/mol. The van der Waals surface area contributed by atoms with Gasteiger partial charge in [0.1, 0.15) is 16.7 Å². The number of carbonyl (C=O) groups excluding carboxylic acids is 2. The van der Waals surface area contributed by atoms with E-state index in [0.29, 0.717) is 23.1 Å². The number of nitriles is 1. The molecule has 6 heteroatoms. The molecule has 1 fully saturated rings. The quantitative estimate of drug-likeness (QED) is 0.376. The first-order chi connectivity index (χ1) is 15.4. The van der Waals surface area contributed by atoms with E-state index in [4.69, 9.17) is 0 Å². The second-order valence-electron chi connectivity index (χ2n) is 7.95. The van der Waals surface area contributed by atoms with Crippen LogP contribution in [0.2, 0.25) is 0 Å². The van der Waals surface area contributed by atoms with Gasteiger partial charge in [0, 0.05) is 12.2 Å². The normalized spacial score (nSPS) is 17.3. The van der Waals surface area contributed by atoms with Crippen LogP contribution in [0.5, 0.6) is 0 Å². The van der Waals surface area contributed by atoms with Crippen molar-refractivity contribution >= 4 is 29.3 Å². The highest BCUT2D eigenvalue weighted by atomic mass is 32.2. The van der Waals surface area contributed by atoms with Gasteiger partial charge in [-0.1, -0.05) is 68.1 Å². The van der Waals surface area contributed by atoms with E-state index in [1.807, 2.05) is 61.5 Å². The van der Waals surface area contributed by atoms with E-state index in [-0.39, 0.29) is 18.0 Å². The van der Waals surface area contributed by atoms with Gasteiger partial charge in [-0.25, -0.2) is 0 Å². The molecule has 0 radical (unpaired) electrons. The maximum Gasteiger partial charge on any atom is 0.264 e. The number of aryl methyl sites for hydroxylation is 1. The molecule has 0 bridgehead atoms. The fourth-order valence-electron chi connectivity index (χ4n) is 3.52. The van der Waals surface area contributed by atoms with Gasteiger partial charge in [0.05, 0.1) is 5.25 Å². The summed E-state index contributed by atoms with van der Waals surface area (Å²) in [6, 6.07) is 17.7. The van der Waals surface area contributed by atoms with Crippen LogP contribution in [-0.2, 0) is 16.0 Å². The van der Waals surface area contributed by atoms with Gasteiger partial charge in [0.25, 0.3) is 5.91 Å². The molecule has 5 nitrogen and oxygen atoms in total. The first-order valence-corrected chi connectivity index (χ1v) is 11.4. The molecule has 2 aromatic rings. The molecule has 1 aliphatic rings. The third-order valence-corrected chi connectivity index (χ3v) is 6.66. The highest BCUT2D eigenvalue weighted by Gasteiger charge is 2.40. The number of nitrogens with zero attached hydrogens (tertiary/aromatic N) is 2. The number of hydrogen-bond acceptors (Lipinski definition) is 4. The first-order valence-electron chi connectivity index (χ1n) is 10.6. The Morgan fingerprint density at radius 2 is 1.94 bits per heavy atom. The SMILES string of the molecule is C=CCNC(=O)/C(C#N)=C1\SC(Cc2ccccc2C)C(=O)N1c1ccc(C(C)C)cc1. The predicted octanol–water partition coefficient (Wildman–Crippen LogP) is 4.85. The summed E-state index contributed by atoms with van der Waals surface area (Å²) in [6.45, 7) is 10.1. The predicted molar refractivity (Wildman–Crippen MR) is 130 cm³/mol.